The minimum Gasteiger partial charge on any atom is -0.463 e. The number of hydrogen-bond donors (Lipinski definition) is 1. The van der Waals surface area contributed by atoms with Gasteiger partial charge in [0.25, 0.3) is 5.69 Å². The second-order valence-electron chi connectivity index (χ2n) is 9.00. The summed E-state index contributed by atoms with van der Waals surface area (Å²) in [6.07, 6.45) is 0.892. The van der Waals surface area contributed by atoms with Crippen LogP contribution in [0.3, 0.4) is 0 Å². The fourth-order valence-corrected chi connectivity index (χ4v) is 5.45. The fraction of sp³-hybridized carbons (Fsp3) is 0.333. The molecule has 1 aliphatic rings. The summed E-state index contributed by atoms with van der Waals surface area (Å²) in [6.45, 7) is 6.57. The molecule has 0 saturated heterocycles. The van der Waals surface area contributed by atoms with E-state index in [0.29, 0.717) is 23.4 Å². The number of benzene rings is 2. The summed E-state index contributed by atoms with van der Waals surface area (Å²) in [4.78, 5) is 26.4. The van der Waals surface area contributed by atoms with Crippen LogP contribution in [-0.4, -0.2) is 39.9 Å². The van der Waals surface area contributed by atoms with Crippen LogP contribution < -0.4 is 5.32 Å². The van der Waals surface area contributed by atoms with E-state index in [-0.39, 0.29) is 18.3 Å². The van der Waals surface area contributed by atoms with E-state index in [1.807, 2.05) is 31.2 Å². The van der Waals surface area contributed by atoms with Crippen molar-refractivity contribution in [2.75, 3.05) is 19.0 Å². The molecule has 1 unspecified atom stereocenters. The van der Waals surface area contributed by atoms with Crippen LogP contribution >= 0.6 is 11.5 Å². The number of rotatable bonds is 9. The Morgan fingerprint density at radius 3 is 2.69 bits per heavy atom. The molecule has 0 bridgehead atoms. The van der Waals surface area contributed by atoms with E-state index >= 15 is 0 Å². The van der Waals surface area contributed by atoms with Crippen molar-refractivity contribution in [3.8, 4) is 0 Å². The lowest BCUT2D eigenvalue weighted by molar-refractivity contribution is -0.384. The summed E-state index contributed by atoms with van der Waals surface area (Å²) in [5, 5.41) is 15.7. The predicted molar refractivity (Wildman–Crippen MR) is 141 cm³/mol. The van der Waals surface area contributed by atoms with Gasteiger partial charge in [0.05, 0.1) is 22.8 Å². The Morgan fingerprint density at radius 2 is 2.00 bits per heavy atom. The summed E-state index contributed by atoms with van der Waals surface area (Å²) < 4.78 is 10.2. The van der Waals surface area contributed by atoms with E-state index in [2.05, 4.69) is 36.3 Å². The van der Waals surface area contributed by atoms with Gasteiger partial charge in [-0.05, 0) is 56.9 Å². The summed E-state index contributed by atoms with van der Waals surface area (Å²) in [5.74, 6) is -0.959. The van der Waals surface area contributed by atoms with Crippen molar-refractivity contribution in [3.63, 3.8) is 0 Å². The maximum atomic E-state index is 13.1. The smallest absolute Gasteiger partial charge is 0.336 e. The molecular formula is C27H30N4O4S. The van der Waals surface area contributed by atoms with Crippen LogP contribution in [0.1, 0.15) is 49.1 Å². The highest BCUT2D eigenvalue weighted by molar-refractivity contribution is 7.10. The zero-order chi connectivity index (χ0) is 25.8. The molecule has 36 heavy (non-hydrogen) atoms. The van der Waals surface area contributed by atoms with Gasteiger partial charge in [0.1, 0.15) is 5.00 Å². The van der Waals surface area contributed by atoms with Crippen LogP contribution in [0.15, 0.2) is 65.9 Å². The number of fused-ring (bicyclic) bond motifs is 1. The van der Waals surface area contributed by atoms with Gasteiger partial charge in [-0.15, -0.1) is 0 Å². The first-order valence-electron chi connectivity index (χ1n) is 11.9. The van der Waals surface area contributed by atoms with Gasteiger partial charge in [0, 0.05) is 41.9 Å². The Hall–Kier alpha value is -3.56. The van der Waals surface area contributed by atoms with Gasteiger partial charge in [0.15, 0.2) is 0 Å². The van der Waals surface area contributed by atoms with Crippen LogP contribution in [0.2, 0.25) is 0 Å². The number of nitrogens with zero attached hydrogens (tertiary/aromatic N) is 3. The van der Waals surface area contributed by atoms with Crippen molar-refractivity contribution < 1.29 is 14.5 Å². The number of likely N-dealkylation sites (N-methyl/N-ethyl adjacent to an activating group) is 1. The van der Waals surface area contributed by atoms with Gasteiger partial charge in [-0.1, -0.05) is 42.5 Å². The maximum Gasteiger partial charge on any atom is 0.336 e. The average molecular weight is 507 g/mol. The van der Waals surface area contributed by atoms with Gasteiger partial charge in [-0.2, -0.15) is 4.37 Å². The molecule has 3 aromatic rings. The fourth-order valence-electron chi connectivity index (χ4n) is 4.56. The zero-order valence-electron chi connectivity index (χ0n) is 20.9. The van der Waals surface area contributed by atoms with Crippen molar-refractivity contribution in [3.05, 3.63) is 98.4 Å². The summed E-state index contributed by atoms with van der Waals surface area (Å²) in [6, 6.07) is 17.1. The largest absolute Gasteiger partial charge is 0.463 e. The molecule has 2 aromatic carbocycles. The Kier molecular flexibility index (Phi) is 7.81. The molecule has 0 spiro atoms. The zero-order valence-corrected chi connectivity index (χ0v) is 21.7. The van der Waals surface area contributed by atoms with E-state index in [9.17, 15) is 14.9 Å². The van der Waals surface area contributed by atoms with Gasteiger partial charge in [0.2, 0.25) is 0 Å². The molecule has 0 saturated carbocycles. The topological polar surface area (TPSA) is 97.6 Å². The Balaban J connectivity index is 1.72. The SMILES string of the molecule is CCOC(=O)C1=C(C)Nc2snc(CN(C)[C@H](C)Cc3ccccc3)c2C1c1cccc([N+](=O)[O-])c1. The normalized spacial score (nSPS) is 15.9. The number of ether oxygens (including phenoxy) is 1. The molecule has 0 radical (unpaired) electrons. The van der Waals surface area contributed by atoms with Crippen molar-refractivity contribution >= 4 is 28.2 Å². The summed E-state index contributed by atoms with van der Waals surface area (Å²) >= 11 is 1.34. The number of carbonyl (C=O) groups is 1. The van der Waals surface area contributed by atoms with Crippen molar-refractivity contribution in [2.24, 2.45) is 0 Å². The second kappa shape index (κ2) is 11.0. The number of anilines is 1. The lowest BCUT2D eigenvalue weighted by atomic mass is 9.81. The predicted octanol–water partition coefficient (Wildman–Crippen LogP) is 5.51. The van der Waals surface area contributed by atoms with E-state index in [1.54, 1.807) is 13.0 Å². The Labute approximate surface area is 214 Å². The number of nitro groups is 1. The minimum atomic E-state index is -0.522. The minimum absolute atomic E-state index is 0.0215. The van der Waals surface area contributed by atoms with Gasteiger partial charge < -0.3 is 10.1 Å². The molecule has 0 fully saturated rings. The van der Waals surface area contributed by atoms with Gasteiger partial charge >= 0.3 is 5.97 Å². The highest BCUT2D eigenvalue weighted by Gasteiger charge is 2.37. The average Bonchev–Trinajstić information content (AvgIpc) is 3.25. The Bertz CT molecular complexity index is 1290. The van der Waals surface area contributed by atoms with Crippen LogP contribution in [0.25, 0.3) is 0 Å². The Morgan fingerprint density at radius 1 is 1.25 bits per heavy atom. The molecule has 2 atom stereocenters. The molecule has 1 aromatic heterocycles. The third-order valence-corrected chi connectivity index (χ3v) is 7.34. The molecule has 0 aliphatic carbocycles. The summed E-state index contributed by atoms with van der Waals surface area (Å²) in [7, 11) is 2.06. The number of hydrogen-bond acceptors (Lipinski definition) is 8. The van der Waals surface area contributed by atoms with Gasteiger partial charge in [-0.25, -0.2) is 4.79 Å². The molecule has 1 N–H and O–H groups in total. The molecule has 8 nitrogen and oxygen atoms in total. The molecule has 1 aliphatic heterocycles. The number of esters is 1. The number of nitrogens with one attached hydrogen (secondary N) is 1. The standard InChI is InChI=1S/C27H30N4O4S/c1-5-35-27(32)23-18(3)28-26-25(24(23)20-12-9-13-21(15-20)31(33)34)22(29-36-26)16-30(4)17(2)14-19-10-7-6-8-11-19/h6-13,15,17,24,28H,5,14,16H2,1-4H3/t17-,24?/m1/s1. The second-order valence-corrected chi connectivity index (χ2v) is 9.77. The highest BCUT2D eigenvalue weighted by Crippen LogP contribution is 2.46. The molecule has 4 rings (SSSR count). The van der Waals surface area contributed by atoms with Crippen LogP contribution in [0.5, 0.6) is 0 Å². The lowest BCUT2D eigenvalue weighted by Crippen LogP contribution is -2.31. The monoisotopic (exact) mass is 506 g/mol. The molecule has 0 amide bonds. The van der Waals surface area contributed by atoms with Crippen LogP contribution in [0, 0.1) is 10.1 Å². The number of carbonyl (C=O) groups excluding carboxylic acids is 1. The first-order valence-corrected chi connectivity index (χ1v) is 12.7. The third-order valence-electron chi connectivity index (χ3n) is 6.52. The van der Waals surface area contributed by atoms with Crippen molar-refractivity contribution in [1.82, 2.24) is 9.27 Å². The van der Waals surface area contributed by atoms with E-state index in [1.165, 1.54) is 29.2 Å². The van der Waals surface area contributed by atoms with E-state index < -0.39 is 16.8 Å². The molecule has 9 heteroatoms. The molecular weight excluding hydrogens is 476 g/mol. The number of non-ortho nitro benzene ring substituents is 1. The van der Waals surface area contributed by atoms with E-state index in [0.717, 1.165) is 22.7 Å². The number of nitro benzene ring substituents is 1. The first-order chi connectivity index (χ1) is 17.3. The van der Waals surface area contributed by atoms with Crippen molar-refractivity contribution in [1.29, 1.82) is 0 Å². The number of allylic oxidation sites excluding steroid dienone is 1. The number of aromatic nitrogens is 1. The maximum absolute atomic E-state index is 13.1. The quantitative estimate of drug-likeness (QED) is 0.232. The molecule has 188 valence electrons. The van der Waals surface area contributed by atoms with E-state index in [4.69, 9.17) is 9.11 Å². The first kappa shape index (κ1) is 25.5. The molecule has 2 heterocycles. The lowest BCUT2D eigenvalue weighted by Gasteiger charge is -2.30. The van der Waals surface area contributed by atoms with Gasteiger partial charge in [-0.3, -0.25) is 15.0 Å². The summed E-state index contributed by atoms with van der Waals surface area (Å²) in [5.41, 5.74) is 4.73. The van der Waals surface area contributed by atoms with Crippen LogP contribution in [0.4, 0.5) is 10.7 Å². The third kappa shape index (κ3) is 5.32. The van der Waals surface area contributed by atoms with Crippen LogP contribution in [-0.2, 0) is 22.5 Å². The highest BCUT2D eigenvalue weighted by atomic mass is 32.1. The van der Waals surface area contributed by atoms with Crippen molar-refractivity contribution in [2.45, 2.75) is 45.7 Å².